The highest BCUT2D eigenvalue weighted by Crippen LogP contribution is 2.24. The molecule has 0 fully saturated rings. The van der Waals surface area contributed by atoms with Crippen molar-refractivity contribution >= 4 is 12.2 Å². The average molecular weight is 284 g/mol. The van der Waals surface area contributed by atoms with Crippen molar-refractivity contribution in [3.63, 3.8) is 0 Å². The molecule has 0 saturated carbocycles. The largest absolute Gasteiger partial charge is 0.256 e. The van der Waals surface area contributed by atoms with Gasteiger partial charge in [0.1, 0.15) is 0 Å². The topological polar surface area (TPSA) is 25.8 Å². The van der Waals surface area contributed by atoms with Crippen molar-refractivity contribution in [2.24, 2.45) is 0 Å². The summed E-state index contributed by atoms with van der Waals surface area (Å²) in [6.45, 7) is 7.58. The summed E-state index contributed by atoms with van der Waals surface area (Å²) in [5.74, 6) is 0. The molecule has 22 heavy (non-hydrogen) atoms. The Morgan fingerprint density at radius 3 is 1.41 bits per heavy atom. The van der Waals surface area contributed by atoms with Gasteiger partial charge >= 0.3 is 0 Å². The van der Waals surface area contributed by atoms with Gasteiger partial charge < -0.3 is 0 Å². The second-order valence-electron chi connectivity index (χ2n) is 4.93. The molecule has 0 aliphatic carbocycles. The maximum Gasteiger partial charge on any atom is 0.0707 e. The minimum absolute atomic E-state index is 0.941. The normalized spacial score (nSPS) is 10.2. The Hall–Kier alpha value is -3.00. The van der Waals surface area contributed by atoms with Crippen molar-refractivity contribution in [1.29, 1.82) is 0 Å². The summed E-state index contributed by atoms with van der Waals surface area (Å²) < 4.78 is 0. The number of hydrogen-bond donors (Lipinski definition) is 0. The van der Waals surface area contributed by atoms with E-state index in [1.807, 2.05) is 36.4 Å². The Morgan fingerprint density at radius 2 is 1.05 bits per heavy atom. The first-order valence-corrected chi connectivity index (χ1v) is 7.08. The molecule has 0 unspecified atom stereocenters. The summed E-state index contributed by atoms with van der Waals surface area (Å²) >= 11 is 0. The van der Waals surface area contributed by atoms with Crippen LogP contribution in [0, 0.1) is 0 Å². The summed E-state index contributed by atoms with van der Waals surface area (Å²) in [6.07, 6.45) is 7.25. The molecule has 3 rings (SSSR count). The zero-order valence-corrected chi connectivity index (χ0v) is 12.2. The molecule has 0 aliphatic rings. The highest BCUT2D eigenvalue weighted by molar-refractivity contribution is 5.69. The van der Waals surface area contributed by atoms with Gasteiger partial charge in [0.05, 0.1) is 11.4 Å². The van der Waals surface area contributed by atoms with E-state index in [2.05, 4.69) is 47.4 Å². The van der Waals surface area contributed by atoms with E-state index in [1.54, 1.807) is 12.4 Å². The van der Waals surface area contributed by atoms with Crippen LogP contribution in [0.1, 0.15) is 11.1 Å². The number of hydrogen-bond acceptors (Lipinski definition) is 2. The van der Waals surface area contributed by atoms with Gasteiger partial charge in [-0.1, -0.05) is 49.6 Å². The van der Waals surface area contributed by atoms with Crippen molar-refractivity contribution < 1.29 is 0 Å². The maximum absolute atomic E-state index is 4.41. The zero-order valence-electron chi connectivity index (χ0n) is 12.2. The summed E-state index contributed by atoms with van der Waals surface area (Å²) in [6, 6.07) is 16.2. The van der Waals surface area contributed by atoms with E-state index in [0.717, 1.165) is 33.6 Å². The summed E-state index contributed by atoms with van der Waals surface area (Å²) in [5, 5.41) is 0. The highest BCUT2D eigenvalue weighted by Gasteiger charge is 2.03. The van der Waals surface area contributed by atoms with Crippen LogP contribution < -0.4 is 0 Å². The molecule has 106 valence electrons. The fourth-order valence-electron chi connectivity index (χ4n) is 2.28. The smallest absolute Gasteiger partial charge is 0.0707 e. The lowest BCUT2D eigenvalue weighted by molar-refractivity contribution is 1.31. The Balaban J connectivity index is 1.95. The molecular formula is C20H16N2. The molecule has 0 atom stereocenters. The van der Waals surface area contributed by atoms with Gasteiger partial charge in [0.15, 0.2) is 0 Å². The van der Waals surface area contributed by atoms with Gasteiger partial charge in [-0.05, 0) is 35.4 Å². The van der Waals surface area contributed by atoms with E-state index >= 15 is 0 Å². The van der Waals surface area contributed by atoms with Gasteiger partial charge in [0.2, 0.25) is 0 Å². The lowest BCUT2D eigenvalue weighted by atomic mass is 10.0. The molecular weight excluding hydrogens is 268 g/mol. The van der Waals surface area contributed by atoms with E-state index in [4.69, 9.17) is 0 Å². The molecule has 0 amide bonds. The van der Waals surface area contributed by atoms with Crippen molar-refractivity contribution in [2.45, 2.75) is 0 Å². The third-order valence-corrected chi connectivity index (χ3v) is 3.52. The SMILES string of the molecule is C=Cc1ccnc(-c2ccc(-c3cc(C=C)ccn3)cc2)c1. The van der Waals surface area contributed by atoms with E-state index in [1.165, 1.54) is 0 Å². The minimum atomic E-state index is 0.941. The van der Waals surface area contributed by atoms with Crippen LogP contribution in [0.25, 0.3) is 34.7 Å². The van der Waals surface area contributed by atoms with Crippen LogP contribution in [0.3, 0.4) is 0 Å². The molecule has 3 aromatic rings. The number of rotatable bonds is 4. The number of nitrogens with zero attached hydrogens (tertiary/aromatic N) is 2. The van der Waals surface area contributed by atoms with Crippen LogP contribution in [0.5, 0.6) is 0 Å². The first-order valence-electron chi connectivity index (χ1n) is 7.08. The predicted octanol–water partition coefficient (Wildman–Crippen LogP) is 5.10. The first-order chi connectivity index (χ1) is 10.8. The molecule has 0 saturated heterocycles. The molecule has 0 N–H and O–H groups in total. The van der Waals surface area contributed by atoms with Gasteiger partial charge in [-0.3, -0.25) is 9.97 Å². The molecule has 1 aromatic carbocycles. The van der Waals surface area contributed by atoms with Crippen molar-refractivity contribution in [3.8, 4) is 22.5 Å². The Bertz CT molecular complexity index is 747. The molecule has 2 heterocycles. The van der Waals surface area contributed by atoms with Crippen molar-refractivity contribution in [3.05, 3.63) is 85.2 Å². The quantitative estimate of drug-likeness (QED) is 0.666. The average Bonchev–Trinajstić information content (AvgIpc) is 2.62. The highest BCUT2D eigenvalue weighted by atomic mass is 14.7. The summed E-state index contributed by atoms with van der Waals surface area (Å²) in [7, 11) is 0. The monoisotopic (exact) mass is 284 g/mol. The van der Waals surface area contributed by atoms with E-state index in [0.29, 0.717) is 0 Å². The van der Waals surface area contributed by atoms with Crippen LogP contribution in [0.2, 0.25) is 0 Å². The van der Waals surface area contributed by atoms with Crippen LogP contribution in [0.4, 0.5) is 0 Å². The van der Waals surface area contributed by atoms with E-state index < -0.39 is 0 Å². The fraction of sp³-hybridized carbons (Fsp3) is 0. The zero-order chi connectivity index (χ0) is 15.4. The molecule has 0 spiro atoms. The number of benzene rings is 1. The lowest BCUT2D eigenvalue weighted by Crippen LogP contribution is -1.87. The van der Waals surface area contributed by atoms with Crippen molar-refractivity contribution in [1.82, 2.24) is 9.97 Å². The molecule has 0 bridgehead atoms. The number of aromatic nitrogens is 2. The summed E-state index contributed by atoms with van der Waals surface area (Å²) in [4.78, 5) is 8.82. The van der Waals surface area contributed by atoms with Gasteiger partial charge in [0.25, 0.3) is 0 Å². The van der Waals surface area contributed by atoms with E-state index in [9.17, 15) is 0 Å². The molecule has 2 aromatic heterocycles. The standard InChI is InChI=1S/C20H16N2/c1-3-15-9-11-21-19(13-15)17-5-7-18(8-6-17)20-14-16(4-2)10-12-22-20/h3-14H,1-2H2. The molecule has 2 nitrogen and oxygen atoms in total. The van der Waals surface area contributed by atoms with Gasteiger partial charge in [0, 0.05) is 23.5 Å². The van der Waals surface area contributed by atoms with Gasteiger partial charge in [-0.25, -0.2) is 0 Å². The Morgan fingerprint density at radius 1 is 0.636 bits per heavy atom. The Labute approximate surface area is 130 Å². The minimum Gasteiger partial charge on any atom is -0.256 e. The Kier molecular flexibility index (Phi) is 3.92. The first kappa shape index (κ1) is 14.0. The third kappa shape index (κ3) is 2.86. The van der Waals surface area contributed by atoms with Crippen LogP contribution in [-0.2, 0) is 0 Å². The van der Waals surface area contributed by atoms with E-state index in [-0.39, 0.29) is 0 Å². The summed E-state index contributed by atoms with van der Waals surface area (Å²) in [5.41, 5.74) is 6.16. The lowest BCUT2D eigenvalue weighted by Gasteiger charge is -2.05. The van der Waals surface area contributed by atoms with Crippen LogP contribution in [-0.4, -0.2) is 9.97 Å². The molecule has 0 radical (unpaired) electrons. The van der Waals surface area contributed by atoms with Crippen LogP contribution >= 0.6 is 0 Å². The molecule has 0 aliphatic heterocycles. The maximum atomic E-state index is 4.41. The molecule has 2 heteroatoms. The predicted molar refractivity (Wildman–Crippen MR) is 93.1 cm³/mol. The van der Waals surface area contributed by atoms with Crippen molar-refractivity contribution in [2.75, 3.05) is 0 Å². The third-order valence-electron chi connectivity index (χ3n) is 3.52. The van der Waals surface area contributed by atoms with Gasteiger partial charge in [-0.15, -0.1) is 0 Å². The second-order valence-corrected chi connectivity index (χ2v) is 4.93. The number of pyridine rings is 2. The van der Waals surface area contributed by atoms with Crippen LogP contribution in [0.15, 0.2) is 74.1 Å². The van der Waals surface area contributed by atoms with Gasteiger partial charge in [-0.2, -0.15) is 0 Å². The fourth-order valence-corrected chi connectivity index (χ4v) is 2.28. The second kappa shape index (κ2) is 6.19.